The summed E-state index contributed by atoms with van der Waals surface area (Å²) in [4.78, 5) is 12.3. The van der Waals surface area contributed by atoms with Crippen molar-refractivity contribution in [2.45, 2.75) is 49.6 Å². The average molecular weight is 369 g/mol. The van der Waals surface area contributed by atoms with E-state index >= 15 is 0 Å². The molecule has 0 spiro atoms. The van der Waals surface area contributed by atoms with Crippen LogP contribution in [0.3, 0.4) is 0 Å². The highest BCUT2D eigenvalue weighted by Gasteiger charge is 2.30. The van der Waals surface area contributed by atoms with Gasteiger partial charge in [-0.2, -0.15) is 0 Å². The number of halogens is 2. The molecule has 2 aromatic rings. The Bertz CT molecular complexity index is 763. The number of hydrogen-bond acceptors (Lipinski definition) is 4. The zero-order valence-electron chi connectivity index (χ0n) is 13.4. The molecule has 8 heteroatoms. The van der Waals surface area contributed by atoms with Crippen LogP contribution >= 0.6 is 23.4 Å². The maximum atomic E-state index is 13.8. The molecule has 1 N–H and O–H groups in total. The Morgan fingerprint density at radius 2 is 2.25 bits per heavy atom. The van der Waals surface area contributed by atoms with Gasteiger partial charge in [-0.15, -0.1) is 10.2 Å². The van der Waals surface area contributed by atoms with E-state index in [0.29, 0.717) is 5.92 Å². The van der Waals surface area contributed by atoms with Crippen LogP contribution in [0.1, 0.15) is 38.4 Å². The highest BCUT2D eigenvalue weighted by molar-refractivity contribution is 8.00. The van der Waals surface area contributed by atoms with E-state index in [1.165, 1.54) is 30.0 Å². The van der Waals surface area contributed by atoms with Crippen molar-refractivity contribution in [3.8, 4) is 0 Å². The van der Waals surface area contributed by atoms with Gasteiger partial charge < -0.3 is 9.88 Å². The quantitative estimate of drug-likeness (QED) is 0.780. The minimum atomic E-state index is -0.555. The van der Waals surface area contributed by atoms with Crippen LogP contribution in [0.5, 0.6) is 0 Å². The molecule has 1 fully saturated rings. The summed E-state index contributed by atoms with van der Waals surface area (Å²) in [5.74, 6) is 0.649. The highest BCUT2D eigenvalue weighted by Crippen LogP contribution is 2.40. The first-order valence-corrected chi connectivity index (χ1v) is 9.11. The van der Waals surface area contributed by atoms with Crippen molar-refractivity contribution in [2.75, 3.05) is 5.32 Å². The predicted octanol–water partition coefficient (Wildman–Crippen LogP) is 4.09. The molecule has 1 aromatic heterocycles. The monoisotopic (exact) mass is 368 g/mol. The lowest BCUT2D eigenvalue weighted by Gasteiger charge is -2.13. The number of carbonyl (C=O) groups is 1. The molecule has 0 saturated heterocycles. The van der Waals surface area contributed by atoms with E-state index in [9.17, 15) is 9.18 Å². The van der Waals surface area contributed by atoms with Gasteiger partial charge >= 0.3 is 0 Å². The van der Waals surface area contributed by atoms with Crippen LogP contribution in [0.25, 0.3) is 0 Å². The molecule has 1 heterocycles. The fraction of sp³-hybridized carbons (Fsp3) is 0.438. The number of nitrogens with one attached hydrogen (secondary N) is 1. The lowest BCUT2D eigenvalue weighted by atomic mass is 10.3. The number of carbonyl (C=O) groups excluding carboxylic acids is 1. The smallest absolute Gasteiger partial charge is 0.237 e. The van der Waals surface area contributed by atoms with Crippen LogP contribution in [0.2, 0.25) is 5.02 Å². The molecule has 1 atom stereocenters. The molecule has 0 bridgehead atoms. The van der Waals surface area contributed by atoms with E-state index < -0.39 is 11.1 Å². The van der Waals surface area contributed by atoms with Gasteiger partial charge in [0.15, 0.2) is 5.16 Å². The summed E-state index contributed by atoms with van der Waals surface area (Å²) < 4.78 is 15.8. The number of nitrogens with zero attached hydrogens (tertiary/aromatic N) is 3. The minimum Gasteiger partial charge on any atom is -0.323 e. The summed E-state index contributed by atoms with van der Waals surface area (Å²) in [6, 6.07) is 4.16. The fourth-order valence-corrected chi connectivity index (χ4v) is 3.44. The fourth-order valence-electron chi connectivity index (χ4n) is 2.36. The Balaban J connectivity index is 1.68. The van der Waals surface area contributed by atoms with Crippen molar-refractivity contribution in [3.05, 3.63) is 34.9 Å². The Labute approximate surface area is 149 Å². The van der Waals surface area contributed by atoms with E-state index in [2.05, 4.69) is 20.1 Å². The molecule has 0 aliphatic heterocycles. The Morgan fingerprint density at radius 3 is 2.88 bits per heavy atom. The van der Waals surface area contributed by atoms with Crippen molar-refractivity contribution in [3.63, 3.8) is 0 Å². The van der Waals surface area contributed by atoms with E-state index in [0.717, 1.165) is 30.4 Å². The molecular formula is C16H18ClFN4OS. The maximum Gasteiger partial charge on any atom is 0.237 e. The largest absolute Gasteiger partial charge is 0.323 e. The van der Waals surface area contributed by atoms with E-state index in [1.807, 2.05) is 6.92 Å². The Kier molecular flexibility index (Phi) is 5.10. The molecule has 1 aromatic carbocycles. The summed E-state index contributed by atoms with van der Waals surface area (Å²) in [7, 11) is 0. The summed E-state index contributed by atoms with van der Waals surface area (Å²) >= 11 is 7.04. The zero-order chi connectivity index (χ0) is 17.3. The van der Waals surface area contributed by atoms with Crippen molar-refractivity contribution in [2.24, 2.45) is 0 Å². The van der Waals surface area contributed by atoms with Crippen LogP contribution in [0.4, 0.5) is 10.1 Å². The highest BCUT2D eigenvalue weighted by atomic mass is 35.5. The second kappa shape index (κ2) is 7.11. The average Bonchev–Trinajstić information content (AvgIpc) is 3.31. The summed E-state index contributed by atoms with van der Waals surface area (Å²) in [5.41, 5.74) is 0.118. The Morgan fingerprint density at radius 1 is 1.50 bits per heavy atom. The predicted molar refractivity (Wildman–Crippen MR) is 93.0 cm³/mol. The molecule has 24 heavy (non-hydrogen) atoms. The van der Waals surface area contributed by atoms with Crippen molar-refractivity contribution >= 4 is 35.0 Å². The zero-order valence-corrected chi connectivity index (χ0v) is 15.0. The summed E-state index contributed by atoms with van der Waals surface area (Å²) in [5, 5.41) is 11.6. The van der Waals surface area contributed by atoms with Gasteiger partial charge in [-0.3, -0.25) is 4.79 Å². The van der Waals surface area contributed by atoms with Gasteiger partial charge in [0.2, 0.25) is 5.91 Å². The Hall–Kier alpha value is -1.60. The molecule has 5 nitrogen and oxygen atoms in total. The minimum absolute atomic E-state index is 0.118. The molecule has 1 aliphatic carbocycles. The number of anilines is 1. The normalized spacial score (nSPS) is 15.3. The first-order chi connectivity index (χ1) is 11.5. The molecular weight excluding hydrogens is 351 g/mol. The molecule has 1 aliphatic rings. The topological polar surface area (TPSA) is 59.8 Å². The molecule has 3 rings (SSSR count). The van der Waals surface area contributed by atoms with Gasteiger partial charge in [0.25, 0.3) is 0 Å². The van der Waals surface area contributed by atoms with Crippen LogP contribution in [-0.4, -0.2) is 25.9 Å². The van der Waals surface area contributed by atoms with Crippen LogP contribution in [-0.2, 0) is 11.3 Å². The van der Waals surface area contributed by atoms with Gasteiger partial charge in [0.1, 0.15) is 11.6 Å². The van der Waals surface area contributed by atoms with E-state index in [4.69, 9.17) is 11.6 Å². The number of thioether (sulfide) groups is 1. The van der Waals surface area contributed by atoms with Gasteiger partial charge in [-0.1, -0.05) is 23.4 Å². The van der Waals surface area contributed by atoms with Crippen molar-refractivity contribution in [1.82, 2.24) is 14.8 Å². The SMILES string of the molecule is CCn1c(S[C@@H](C)C(=O)Nc2ccc(Cl)cc2F)nnc1C1CC1. The molecule has 0 unspecified atom stereocenters. The second-order valence-electron chi connectivity index (χ2n) is 5.73. The van der Waals surface area contributed by atoms with Crippen LogP contribution in [0, 0.1) is 5.82 Å². The van der Waals surface area contributed by atoms with Crippen molar-refractivity contribution in [1.29, 1.82) is 0 Å². The van der Waals surface area contributed by atoms with E-state index in [-0.39, 0.29) is 16.6 Å². The number of rotatable bonds is 6. The van der Waals surface area contributed by atoms with Crippen molar-refractivity contribution < 1.29 is 9.18 Å². The summed E-state index contributed by atoms with van der Waals surface area (Å²) in [6.45, 7) is 4.56. The first-order valence-electron chi connectivity index (χ1n) is 7.85. The molecule has 1 saturated carbocycles. The van der Waals surface area contributed by atoms with Crippen LogP contribution in [0.15, 0.2) is 23.4 Å². The molecule has 1 amide bonds. The standard InChI is InChI=1S/C16H18ClFN4OS/c1-3-22-14(10-4-5-10)20-21-16(22)24-9(2)15(23)19-13-7-6-11(17)8-12(13)18/h6-10H,3-5H2,1-2H3,(H,19,23)/t9-/m0/s1. The van der Waals surface area contributed by atoms with Crippen LogP contribution < -0.4 is 5.32 Å². The third-order valence-electron chi connectivity index (χ3n) is 3.84. The maximum absolute atomic E-state index is 13.8. The van der Waals surface area contributed by atoms with Gasteiger partial charge in [0.05, 0.1) is 10.9 Å². The molecule has 0 radical (unpaired) electrons. The lowest BCUT2D eigenvalue weighted by Crippen LogP contribution is -2.23. The number of benzene rings is 1. The first kappa shape index (κ1) is 17.2. The lowest BCUT2D eigenvalue weighted by molar-refractivity contribution is -0.115. The van der Waals surface area contributed by atoms with Gasteiger partial charge in [-0.25, -0.2) is 4.39 Å². The van der Waals surface area contributed by atoms with Gasteiger partial charge in [-0.05, 0) is 44.9 Å². The summed E-state index contributed by atoms with van der Waals surface area (Å²) in [6.07, 6.45) is 2.30. The number of amides is 1. The third kappa shape index (κ3) is 3.72. The molecule has 128 valence electrons. The number of hydrogen-bond donors (Lipinski definition) is 1. The van der Waals surface area contributed by atoms with Gasteiger partial charge in [0, 0.05) is 17.5 Å². The van der Waals surface area contributed by atoms with E-state index in [1.54, 1.807) is 6.92 Å². The second-order valence-corrected chi connectivity index (χ2v) is 7.48. The third-order valence-corrected chi connectivity index (χ3v) is 5.16. The number of aromatic nitrogens is 3.